The fourth-order valence-electron chi connectivity index (χ4n) is 2.30. The summed E-state index contributed by atoms with van der Waals surface area (Å²) in [6, 6.07) is 4.92. The van der Waals surface area contributed by atoms with Crippen LogP contribution in [-0.2, 0) is 11.2 Å². The Labute approximate surface area is 106 Å². The molecule has 1 aromatic carbocycles. The maximum Gasteiger partial charge on any atom is 0.124 e. The van der Waals surface area contributed by atoms with E-state index >= 15 is 0 Å². The second-order valence-electron chi connectivity index (χ2n) is 4.46. The van der Waals surface area contributed by atoms with Crippen molar-refractivity contribution >= 4 is 11.6 Å². The highest BCUT2D eigenvalue weighted by molar-refractivity contribution is 6.31. The lowest BCUT2D eigenvalue weighted by atomic mass is 9.93. The van der Waals surface area contributed by atoms with Crippen molar-refractivity contribution in [3.8, 4) is 0 Å². The third kappa shape index (κ3) is 3.18. The van der Waals surface area contributed by atoms with Crippen molar-refractivity contribution < 1.29 is 9.13 Å². The first-order chi connectivity index (χ1) is 8.20. The van der Waals surface area contributed by atoms with Gasteiger partial charge in [0.2, 0.25) is 0 Å². The summed E-state index contributed by atoms with van der Waals surface area (Å²) in [5, 5.41) is 3.81. The fraction of sp³-hybridized carbons (Fsp3) is 0.538. The van der Waals surface area contributed by atoms with E-state index in [0.717, 1.165) is 31.6 Å². The number of nitrogens with one attached hydrogen (secondary N) is 1. The highest BCUT2D eigenvalue weighted by Gasteiger charge is 2.25. The van der Waals surface area contributed by atoms with Crippen LogP contribution >= 0.6 is 11.6 Å². The molecule has 1 saturated heterocycles. The summed E-state index contributed by atoms with van der Waals surface area (Å²) < 4.78 is 18.3. The maximum absolute atomic E-state index is 12.9. The Morgan fingerprint density at radius 3 is 3.00 bits per heavy atom. The highest BCUT2D eigenvalue weighted by atomic mass is 35.5. The van der Waals surface area contributed by atoms with Crippen molar-refractivity contribution in [1.82, 2.24) is 5.32 Å². The minimum atomic E-state index is -0.288. The molecule has 0 amide bonds. The standard InChI is InChI=1S/C13H17ClFNO/c1-16-13(10-4-5-17-8-10)6-9-2-3-11(15)7-12(9)14/h2-3,7,10,13,16H,4-6,8H2,1H3. The number of hydrogen-bond acceptors (Lipinski definition) is 2. The van der Waals surface area contributed by atoms with E-state index in [1.54, 1.807) is 6.07 Å². The van der Waals surface area contributed by atoms with Crippen LogP contribution in [0.3, 0.4) is 0 Å². The van der Waals surface area contributed by atoms with E-state index in [2.05, 4.69) is 5.32 Å². The fourth-order valence-corrected chi connectivity index (χ4v) is 2.54. The van der Waals surface area contributed by atoms with Gasteiger partial charge in [-0.3, -0.25) is 0 Å². The van der Waals surface area contributed by atoms with Crippen molar-refractivity contribution in [3.63, 3.8) is 0 Å². The van der Waals surface area contributed by atoms with E-state index in [0.29, 0.717) is 17.0 Å². The van der Waals surface area contributed by atoms with Crippen molar-refractivity contribution in [1.29, 1.82) is 0 Å². The summed E-state index contributed by atoms with van der Waals surface area (Å²) in [5.74, 6) is 0.227. The van der Waals surface area contributed by atoms with Gasteiger partial charge in [-0.25, -0.2) is 4.39 Å². The van der Waals surface area contributed by atoms with Gasteiger partial charge in [0.25, 0.3) is 0 Å². The van der Waals surface area contributed by atoms with Crippen molar-refractivity contribution in [3.05, 3.63) is 34.6 Å². The van der Waals surface area contributed by atoms with Gasteiger partial charge in [-0.05, 0) is 37.6 Å². The van der Waals surface area contributed by atoms with Gasteiger partial charge in [0, 0.05) is 23.6 Å². The molecular weight excluding hydrogens is 241 g/mol. The number of rotatable bonds is 4. The lowest BCUT2D eigenvalue weighted by molar-refractivity contribution is 0.177. The van der Waals surface area contributed by atoms with Gasteiger partial charge in [-0.1, -0.05) is 17.7 Å². The number of likely N-dealkylation sites (N-methyl/N-ethyl adjacent to an activating group) is 1. The van der Waals surface area contributed by atoms with Crippen molar-refractivity contribution in [2.24, 2.45) is 5.92 Å². The molecule has 0 bridgehead atoms. The summed E-state index contributed by atoms with van der Waals surface area (Å²) in [6.45, 7) is 1.63. The quantitative estimate of drug-likeness (QED) is 0.895. The Balaban J connectivity index is 2.06. The Morgan fingerprint density at radius 1 is 1.59 bits per heavy atom. The molecule has 4 heteroatoms. The Morgan fingerprint density at radius 2 is 2.41 bits per heavy atom. The topological polar surface area (TPSA) is 21.3 Å². The van der Waals surface area contributed by atoms with E-state index in [1.165, 1.54) is 12.1 Å². The molecule has 1 N–H and O–H groups in total. The molecule has 94 valence electrons. The summed E-state index contributed by atoms with van der Waals surface area (Å²) in [6.07, 6.45) is 1.88. The van der Waals surface area contributed by atoms with E-state index < -0.39 is 0 Å². The van der Waals surface area contributed by atoms with Crippen molar-refractivity contribution in [2.45, 2.75) is 18.9 Å². The van der Waals surface area contributed by atoms with Crippen LogP contribution in [-0.4, -0.2) is 26.3 Å². The maximum atomic E-state index is 12.9. The number of halogens is 2. The Bertz CT molecular complexity index is 380. The predicted octanol–water partition coefficient (Wildman–Crippen LogP) is 2.65. The van der Waals surface area contributed by atoms with Gasteiger partial charge in [0.1, 0.15) is 5.82 Å². The summed E-state index contributed by atoms with van der Waals surface area (Å²) in [7, 11) is 1.94. The second kappa shape index (κ2) is 5.80. The molecule has 1 fully saturated rings. The molecule has 0 spiro atoms. The molecule has 1 heterocycles. The highest BCUT2D eigenvalue weighted by Crippen LogP contribution is 2.24. The van der Waals surface area contributed by atoms with E-state index in [-0.39, 0.29) is 5.82 Å². The summed E-state index contributed by atoms with van der Waals surface area (Å²) in [4.78, 5) is 0. The average molecular weight is 258 g/mol. The van der Waals surface area contributed by atoms with Gasteiger partial charge in [-0.2, -0.15) is 0 Å². The molecule has 0 saturated carbocycles. The number of benzene rings is 1. The molecule has 1 aromatic rings. The third-order valence-electron chi connectivity index (χ3n) is 3.36. The summed E-state index contributed by atoms with van der Waals surface area (Å²) >= 11 is 6.04. The first-order valence-electron chi connectivity index (χ1n) is 5.89. The van der Waals surface area contributed by atoms with Crippen LogP contribution in [0.15, 0.2) is 18.2 Å². The van der Waals surface area contributed by atoms with Crippen molar-refractivity contribution in [2.75, 3.05) is 20.3 Å². The zero-order chi connectivity index (χ0) is 12.3. The molecule has 2 rings (SSSR count). The van der Waals surface area contributed by atoms with Crippen LogP contribution in [0.25, 0.3) is 0 Å². The lowest BCUT2D eigenvalue weighted by Gasteiger charge is -2.22. The molecular formula is C13H17ClFNO. The SMILES string of the molecule is CNC(Cc1ccc(F)cc1Cl)C1CCOC1. The number of ether oxygens (including phenoxy) is 1. The molecule has 1 aliphatic heterocycles. The third-order valence-corrected chi connectivity index (χ3v) is 3.71. The second-order valence-corrected chi connectivity index (χ2v) is 4.87. The molecule has 2 nitrogen and oxygen atoms in total. The van der Waals surface area contributed by atoms with Crippen LogP contribution in [0.4, 0.5) is 4.39 Å². The molecule has 0 aromatic heterocycles. The largest absolute Gasteiger partial charge is 0.381 e. The molecule has 17 heavy (non-hydrogen) atoms. The first kappa shape index (κ1) is 12.8. The molecule has 1 aliphatic rings. The van der Waals surface area contributed by atoms with E-state index in [9.17, 15) is 4.39 Å². The van der Waals surface area contributed by atoms with Crippen LogP contribution in [0.5, 0.6) is 0 Å². The molecule has 0 radical (unpaired) electrons. The Kier molecular flexibility index (Phi) is 4.37. The number of hydrogen-bond donors (Lipinski definition) is 1. The minimum absolute atomic E-state index is 0.288. The minimum Gasteiger partial charge on any atom is -0.381 e. The van der Waals surface area contributed by atoms with Crippen LogP contribution < -0.4 is 5.32 Å². The first-order valence-corrected chi connectivity index (χ1v) is 6.27. The molecule has 0 aliphatic carbocycles. The Hall–Kier alpha value is -0.640. The summed E-state index contributed by atoms with van der Waals surface area (Å²) in [5.41, 5.74) is 0.985. The zero-order valence-electron chi connectivity index (χ0n) is 9.88. The van der Waals surface area contributed by atoms with Gasteiger partial charge in [0.05, 0.1) is 6.61 Å². The zero-order valence-corrected chi connectivity index (χ0v) is 10.6. The van der Waals surface area contributed by atoms with Gasteiger partial charge >= 0.3 is 0 Å². The molecule has 2 atom stereocenters. The lowest BCUT2D eigenvalue weighted by Crippen LogP contribution is -2.36. The van der Waals surface area contributed by atoms with E-state index in [4.69, 9.17) is 16.3 Å². The normalized spacial score (nSPS) is 21.7. The predicted molar refractivity (Wildman–Crippen MR) is 66.9 cm³/mol. The smallest absolute Gasteiger partial charge is 0.124 e. The van der Waals surface area contributed by atoms with Gasteiger partial charge in [-0.15, -0.1) is 0 Å². The van der Waals surface area contributed by atoms with Crippen LogP contribution in [0.1, 0.15) is 12.0 Å². The van der Waals surface area contributed by atoms with Gasteiger partial charge in [0.15, 0.2) is 0 Å². The monoisotopic (exact) mass is 257 g/mol. The van der Waals surface area contributed by atoms with Crippen LogP contribution in [0, 0.1) is 11.7 Å². The van der Waals surface area contributed by atoms with E-state index in [1.807, 2.05) is 7.05 Å². The van der Waals surface area contributed by atoms with Gasteiger partial charge < -0.3 is 10.1 Å². The van der Waals surface area contributed by atoms with Crippen LogP contribution in [0.2, 0.25) is 5.02 Å². The average Bonchev–Trinajstić information content (AvgIpc) is 2.81. The molecule has 2 unspecified atom stereocenters.